The lowest BCUT2D eigenvalue weighted by molar-refractivity contribution is 0.0698. The zero-order valence-corrected chi connectivity index (χ0v) is 12.6. The minimum Gasteiger partial charge on any atom is -0.478 e. The van der Waals surface area contributed by atoms with Gasteiger partial charge < -0.3 is 9.63 Å². The van der Waals surface area contributed by atoms with Crippen molar-refractivity contribution in [2.24, 2.45) is 0 Å². The third-order valence-electron chi connectivity index (χ3n) is 2.69. The summed E-state index contributed by atoms with van der Waals surface area (Å²) in [5.74, 6) is -1.16. The van der Waals surface area contributed by atoms with Gasteiger partial charge in [-0.05, 0) is 32.0 Å². The molecule has 21 heavy (non-hydrogen) atoms. The molecule has 9 heteroatoms. The van der Waals surface area contributed by atoms with Gasteiger partial charge in [0.15, 0.2) is 10.7 Å². The Labute approximate surface area is 125 Å². The van der Waals surface area contributed by atoms with Gasteiger partial charge in [0.25, 0.3) is 10.0 Å². The SMILES string of the molecule is Cc1noc(C)c1S(=O)(=O)Nc1cc(Cl)ccc1C(=O)O. The fourth-order valence-corrected chi connectivity index (χ4v) is 3.42. The zero-order valence-electron chi connectivity index (χ0n) is 11.0. The lowest BCUT2D eigenvalue weighted by atomic mass is 10.2. The summed E-state index contributed by atoms with van der Waals surface area (Å²) in [6.45, 7) is 2.92. The van der Waals surface area contributed by atoms with Crippen LogP contribution in [0, 0.1) is 13.8 Å². The summed E-state index contributed by atoms with van der Waals surface area (Å²) in [6, 6.07) is 3.80. The summed E-state index contributed by atoms with van der Waals surface area (Å²) < 4.78 is 31.7. The van der Waals surface area contributed by atoms with E-state index in [9.17, 15) is 13.2 Å². The number of sulfonamides is 1. The number of hydrogen-bond donors (Lipinski definition) is 2. The van der Waals surface area contributed by atoms with Gasteiger partial charge in [-0.1, -0.05) is 16.8 Å². The standard InChI is InChI=1S/C12H11ClN2O5S/c1-6-11(7(2)20-14-6)21(18,19)15-10-5-8(13)3-4-9(10)12(16)17/h3-5,15H,1-2H3,(H,16,17). The van der Waals surface area contributed by atoms with Crippen LogP contribution in [0.1, 0.15) is 21.8 Å². The largest absolute Gasteiger partial charge is 0.478 e. The smallest absolute Gasteiger partial charge is 0.337 e. The van der Waals surface area contributed by atoms with Crippen LogP contribution in [0.25, 0.3) is 0 Å². The summed E-state index contributed by atoms with van der Waals surface area (Å²) in [6.07, 6.45) is 0. The van der Waals surface area contributed by atoms with E-state index in [4.69, 9.17) is 21.2 Å². The minimum absolute atomic E-state index is 0.110. The summed E-state index contributed by atoms with van der Waals surface area (Å²) in [4.78, 5) is 11.0. The number of aryl methyl sites for hydroxylation is 2. The molecule has 0 fully saturated rings. The van der Waals surface area contributed by atoms with Crippen molar-refractivity contribution in [2.75, 3.05) is 4.72 Å². The highest BCUT2D eigenvalue weighted by Crippen LogP contribution is 2.26. The van der Waals surface area contributed by atoms with Gasteiger partial charge in [0.05, 0.1) is 11.3 Å². The van der Waals surface area contributed by atoms with Crippen LogP contribution in [0.3, 0.4) is 0 Å². The molecule has 0 spiro atoms. The summed E-state index contributed by atoms with van der Waals surface area (Å²) in [7, 11) is -4.03. The zero-order chi connectivity index (χ0) is 15.8. The Bertz CT molecular complexity index is 794. The van der Waals surface area contributed by atoms with E-state index in [0.717, 1.165) is 0 Å². The Hall–Kier alpha value is -2.06. The van der Waals surface area contributed by atoms with Crippen molar-refractivity contribution in [3.05, 3.63) is 40.2 Å². The van der Waals surface area contributed by atoms with Gasteiger partial charge in [-0.25, -0.2) is 13.2 Å². The normalized spacial score (nSPS) is 11.4. The summed E-state index contributed by atoms with van der Waals surface area (Å²) in [5, 5.41) is 12.9. The molecule has 0 bridgehead atoms. The second-order valence-electron chi connectivity index (χ2n) is 4.25. The number of nitrogens with one attached hydrogen (secondary N) is 1. The maximum Gasteiger partial charge on any atom is 0.337 e. The first-order chi connectivity index (χ1) is 9.72. The molecule has 2 N–H and O–H groups in total. The van der Waals surface area contributed by atoms with Crippen molar-refractivity contribution >= 4 is 33.3 Å². The topological polar surface area (TPSA) is 110 Å². The number of halogens is 1. The van der Waals surface area contributed by atoms with E-state index < -0.39 is 16.0 Å². The minimum atomic E-state index is -4.03. The highest BCUT2D eigenvalue weighted by Gasteiger charge is 2.26. The molecule has 0 aliphatic heterocycles. The van der Waals surface area contributed by atoms with E-state index in [0.29, 0.717) is 0 Å². The predicted octanol–water partition coefficient (Wildman–Crippen LogP) is 2.44. The van der Waals surface area contributed by atoms with Crippen LogP contribution >= 0.6 is 11.6 Å². The predicted molar refractivity (Wildman–Crippen MR) is 75.2 cm³/mol. The van der Waals surface area contributed by atoms with Crippen molar-refractivity contribution in [2.45, 2.75) is 18.7 Å². The number of benzene rings is 1. The Balaban J connectivity index is 2.51. The molecule has 1 aromatic carbocycles. The molecule has 7 nitrogen and oxygen atoms in total. The van der Waals surface area contributed by atoms with Gasteiger partial charge in [0, 0.05) is 5.02 Å². The maximum absolute atomic E-state index is 12.3. The van der Waals surface area contributed by atoms with E-state index in [1.807, 2.05) is 0 Å². The molecule has 0 atom stereocenters. The van der Waals surface area contributed by atoms with Crippen LogP contribution in [-0.2, 0) is 10.0 Å². The quantitative estimate of drug-likeness (QED) is 0.891. The van der Waals surface area contributed by atoms with E-state index in [-0.39, 0.29) is 32.6 Å². The molecule has 2 aromatic rings. The molecule has 0 saturated heterocycles. The van der Waals surface area contributed by atoms with E-state index >= 15 is 0 Å². The first-order valence-electron chi connectivity index (χ1n) is 5.71. The van der Waals surface area contributed by atoms with Crippen LogP contribution in [0.5, 0.6) is 0 Å². The fourth-order valence-electron chi connectivity index (χ4n) is 1.84. The number of carboxylic acid groups (broad SMARTS) is 1. The maximum atomic E-state index is 12.3. The average molecular weight is 331 g/mol. The molecule has 0 amide bonds. The summed E-state index contributed by atoms with van der Waals surface area (Å²) >= 11 is 5.78. The van der Waals surface area contributed by atoms with E-state index in [1.165, 1.54) is 32.0 Å². The monoisotopic (exact) mass is 330 g/mol. The molecule has 0 unspecified atom stereocenters. The van der Waals surface area contributed by atoms with Crippen LogP contribution in [0.15, 0.2) is 27.6 Å². The fraction of sp³-hybridized carbons (Fsp3) is 0.167. The van der Waals surface area contributed by atoms with E-state index in [2.05, 4.69) is 9.88 Å². The molecule has 0 aliphatic rings. The highest BCUT2D eigenvalue weighted by atomic mass is 35.5. The average Bonchev–Trinajstić information content (AvgIpc) is 2.68. The van der Waals surface area contributed by atoms with Crippen LogP contribution in [0.2, 0.25) is 5.02 Å². The van der Waals surface area contributed by atoms with Crippen molar-refractivity contribution in [3.63, 3.8) is 0 Å². The number of aromatic nitrogens is 1. The Morgan fingerprint density at radius 2 is 2.05 bits per heavy atom. The van der Waals surface area contributed by atoms with Gasteiger partial charge in [0.2, 0.25) is 0 Å². The van der Waals surface area contributed by atoms with Crippen molar-refractivity contribution in [1.82, 2.24) is 5.16 Å². The lowest BCUT2D eigenvalue weighted by Crippen LogP contribution is -2.16. The Morgan fingerprint density at radius 3 is 2.57 bits per heavy atom. The highest BCUT2D eigenvalue weighted by molar-refractivity contribution is 7.92. The molecule has 0 saturated carbocycles. The van der Waals surface area contributed by atoms with Crippen LogP contribution in [-0.4, -0.2) is 24.7 Å². The number of carbonyl (C=O) groups is 1. The molecule has 112 valence electrons. The van der Waals surface area contributed by atoms with Gasteiger partial charge >= 0.3 is 5.97 Å². The summed E-state index contributed by atoms with van der Waals surface area (Å²) in [5.41, 5.74) is -0.163. The van der Waals surface area contributed by atoms with Gasteiger partial charge in [-0.2, -0.15) is 0 Å². The van der Waals surface area contributed by atoms with Crippen molar-refractivity contribution < 1.29 is 22.8 Å². The number of aromatic carboxylic acids is 1. The van der Waals surface area contributed by atoms with Crippen LogP contribution < -0.4 is 4.72 Å². The molecular formula is C12H11ClN2O5S. The molecule has 1 heterocycles. The number of anilines is 1. The second-order valence-corrected chi connectivity index (χ2v) is 6.31. The van der Waals surface area contributed by atoms with Gasteiger partial charge in [-0.3, -0.25) is 4.72 Å². The number of rotatable bonds is 4. The van der Waals surface area contributed by atoms with Crippen molar-refractivity contribution in [1.29, 1.82) is 0 Å². The molecule has 2 rings (SSSR count). The van der Waals surface area contributed by atoms with Gasteiger partial charge in [-0.15, -0.1) is 0 Å². The molecule has 0 radical (unpaired) electrons. The van der Waals surface area contributed by atoms with Crippen LogP contribution in [0.4, 0.5) is 5.69 Å². The van der Waals surface area contributed by atoms with Crippen molar-refractivity contribution in [3.8, 4) is 0 Å². The number of nitrogens with zero attached hydrogens (tertiary/aromatic N) is 1. The lowest BCUT2D eigenvalue weighted by Gasteiger charge is -2.10. The first kappa shape index (κ1) is 15.3. The number of carboxylic acids is 1. The Kier molecular flexibility index (Phi) is 3.93. The van der Waals surface area contributed by atoms with E-state index in [1.54, 1.807) is 0 Å². The third kappa shape index (κ3) is 3.01. The second kappa shape index (κ2) is 5.38. The Morgan fingerprint density at radius 1 is 1.38 bits per heavy atom. The molecule has 0 aliphatic carbocycles. The number of hydrogen-bond acceptors (Lipinski definition) is 5. The molecule has 1 aromatic heterocycles. The molecular weight excluding hydrogens is 320 g/mol. The first-order valence-corrected chi connectivity index (χ1v) is 7.57. The third-order valence-corrected chi connectivity index (χ3v) is 4.54. The van der Waals surface area contributed by atoms with Gasteiger partial charge in [0.1, 0.15) is 5.69 Å².